The molecule has 0 spiro atoms. The number of nitro benzene ring substituents is 1. The lowest BCUT2D eigenvalue weighted by Crippen LogP contribution is -2.30. The molecule has 1 amide bonds. The van der Waals surface area contributed by atoms with Crippen molar-refractivity contribution in [2.24, 2.45) is 0 Å². The highest BCUT2D eigenvalue weighted by Gasteiger charge is 2.22. The van der Waals surface area contributed by atoms with Crippen molar-refractivity contribution in [1.82, 2.24) is 0 Å². The molecule has 7 heteroatoms. The van der Waals surface area contributed by atoms with Gasteiger partial charge in [0.2, 0.25) is 0 Å². The summed E-state index contributed by atoms with van der Waals surface area (Å²) in [5.41, 5.74) is 3.87. The van der Waals surface area contributed by atoms with Gasteiger partial charge in [0, 0.05) is 17.3 Å². The second-order valence-electron chi connectivity index (χ2n) is 6.57. The summed E-state index contributed by atoms with van der Waals surface area (Å²) in [5, 5.41) is 13.8. The van der Waals surface area contributed by atoms with Crippen LogP contribution in [0.25, 0.3) is 0 Å². The van der Waals surface area contributed by atoms with Crippen molar-refractivity contribution >= 4 is 23.3 Å². The Hall–Kier alpha value is -3.22. The molecule has 2 rings (SSSR count). The van der Waals surface area contributed by atoms with Gasteiger partial charge in [0.25, 0.3) is 11.6 Å². The summed E-state index contributed by atoms with van der Waals surface area (Å²) in [6.45, 7) is 8.77. The Morgan fingerprint density at radius 1 is 1.04 bits per heavy atom. The minimum Gasteiger partial charge on any atom is -0.449 e. The van der Waals surface area contributed by atoms with Crippen molar-refractivity contribution in [1.29, 1.82) is 0 Å². The normalized spacial score (nSPS) is 11.6. The number of anilines is 1. The first-order valence-corrected chi connectivity index (χ1v) is 8.45. The molecule has 2 aromatic rings. The van der Waals surface area contributed by atoms with Crippen LogP contribution in [0.2, 0.25) is 0 Å². The molecule has 0 bridgehead atoms. The number of ether oxygens (including phenoxy) is 1. The zero-order valence-electron chi connectivity index (χ0n) is 16.0. The van der Waals surface area contributed by atoms with Crippen molar-refractivity contribution in [2.45, 2.75) is 40.7 Å². The third-order valence-electron chi connectivity index (χ3n) is 4.22. The van der Waals surface area contributed by atoms with Gasteiger partial charge in [-0.05, 0) is 51.8 Å². The Bertz CT molecular complexity index is 898. The molecule has 1 unspecified atom stereocenters. The Labute approximate surface area is 157 Å². The van der Waals surface area contributed by atoms with Crippen LogP contribution in [0.15, 0.2) is 30.3 Å². The Morgan fingerprint density at radius 3 is 2.19 bits per heavy atom. The first kappa shape index (κ1) is 20.1. The number of carbonyl (C=O) groups is 2. The van der Waals surface area contributed by atoms with Crippen LogP contribution in [0, 0.1) is 37.8 Å². The molecule has 0 aliphatic rings. The minimum absolute atomic E-state index is 0.0228. The maximum absolute atomic E-state index is 12.4. The molecule has 27 heavy (non-hydrogen) atoms. The van der Waals surface area contributed by atoms with Crippen molar-refractivity contribution in [3.8, 4) is 0 Å². The van der Waals surface area contributed by atoms with Gasteiger partial charge in [-0.25, -0.2) is 4.79 Å². The summed E-state index contributed by atoms with van der Waals surface area (Å²) in [6, 6.07) is 7.95. The lowest BCUT2D eigenvalue weighted by molar-refractivity contribution is -0.385. The molecule has 0 saturated heterocycles. The van der Waals surface area contributed by atoms with Crippen LogP contribution in [-0.2, 0) is 9.53 Å². The van der Waals surface area contributed by atoms with E-state index in [0.717, 1.165) is 22.8 Å². The number of benzene rings is 2. The van der Waals surface area contributed by atoms with E-state index in [9.17, 15) is 19.7 Å². The van der Waals surface area contributed by atoms with Gasteiger partial charge in [-0.3, -0.25) is 14.9 Å². The quantitative estimate of drug-likeness (QED) is 0.487. The number of nitro groups is 1. The first-order chi connectivity index (χ1) is 12.6. The Balaban J connectivity index is 2.12. The predicted octanol–water partition coefficient (Wildman–Crippen LogP) is 4.01. The zero-order chi connectivity index (χ0) is 20.3. The summed E-state index contributed by atoms with van der Waals surface area (Å²) in [7, 11) is 0. The molecule has 1 atom stereocenters. The second kappa shape index (κ2) is 7.99. The van der Waals surface area contributed by atoms with Gasteiger partial charge in [-0.1, -0.05) is 23.8 Å². The molecule has 142 valence electrons. The largest absolute Gasteiger partial charge is 0.449 e. The molecule has 0 aliphatic heterocycles. The Morgan fingerprint density at radius 2 is 1.63 bits per heavy atom. The highest BCUT2D eigenvalue weighted by atomic mass is 16.6. The molecule has 0 saturated carbocycles. The van der Waals surface area contributed by atoms with Gasteiger partial charge < -0.3 is 10.1 Å². The van der Waals surface area contributed by atoms with Crippen LogP contribution in [0.3, 0.4) is 0 Å². The molecule has 0 aliphatic carbocycles. The molecule has 0 radical (unpaired) electrons. The van der Waals surface area contributed by atoms with Crippen molar-refractivity contribution in [3.05, 3.63) is 68.3 Å². The van der Waals surface area contributed by atoms with E-state index in [4.69, 9.17) is 4.74 Å². The Kier molecular flexibility index (Phi) is 5.95. The number of hydrogen-bond acceptors (Lipinski definition) is 5. The summed E-state index contributed by atoms with van der Waals surface area (Å²) in [6.07, 6.45) is -1.06. The van der Waals surface area contributed by atoms with Crippen LogP contribution in [0.1, 0.15) is 39.5 Å². The van der Waals surface area contributed by atoms with Crippen molar-refractivity contribution < 1.29 is 19.2 Å². The molecular formula is C20H22N2O5. The molecule has 2 aromatic carbocycles. The summed E-state index contributed by atoms with van der Waals surface area (Å²) >= 11 is 0. The van der Waals surface area contributed by atoms with Gasteiger partial charge in [-0.2, -0.15) is 0 Å². The maximum atomic E-state index is 12.4. The summed E-state index contributed by atoms with van der Waals surface area (Å²) in [4.78, 5) is 35.1. The van der Waals surface area contributed by atoms with E-state index in [1.165, 1.54) is 19.1 Å². The van der Waals surface area contributed by atoms with E-state index in [2.05, 4.69) is 5.32 Å². The van der Waals surface area contributed by atoms with E-state index in [0.29, 0.717) is 11.3 Å². The number of nitrogens with zero attached hydrogens (tertiary/aromatic N) is 1. The number of esters is 1. The lowest BCUT2D eigenvalue weighted by atomic mass is 10.0. The average molecular weight is 370 g/mol. The maximum Gasteiger partial charge on any atom is 0.339 e. The second-order valence-corrected chi connectivity index (χ2v) is 6.57. The number of hydrogen-bond donors (Lipinski definition) is 1. The molecule has 0 fully saturated rings. The highest BCUT2D eigenvalue weighted by Crippen LogP contribution is 2.23. The molecule has 7 nitrogen and oxygen atoms in total. The van der Waals surface area contributed by atoms with Gasteiger partial charge in [-0.15, -0.1) is 0 Å². The van der Waals surface area contributed by atoms with Gasteiger partial charge >= 0.3 is 5.97 Å². The van der Waals surface area contributed by atoms with E-state index < -0.39 is 22.9 Å². The van der Waals surface area contributed by atoms with Crippen LogP contribution in [-0.4, -0.2) is 22.9 Å². The fourth-order valence-corrected chi connectivity index (χ4v) is 2.82. The molecule has 0 aromatic heterocycles. The zero-order valence-corrected chi connectivity index (χ0v) is 16.0. The van der Waals surface area contributed by atoms with Crippen molar-refractivity contribution in [3.63, 3.8) is 0 Å². The van der Waals surface area contributed by atoms with E-state index in [-0.39, 0.29) is 11.3 Å². The SMILES string of the molecule is Cc1cc(C)c(NC(=O)C(C)OC(=O)c2ccc(C)c([N+](=O)[O-])c2)c(C)c1. The lowest BCUT2D eigenvalue weighted by Gasteiger charge is -2.17. The van der Waals surface area contributed by atoms with Crippen LogP contribution >= 0.6 is 0 Å². The number of rotatable bonds is 5. The topological polar surface area (TPSA) is 98.5 Å². The van der Waals surface area contributed by atoms with Gasteiger partial charge in [0.05, 0.1) is 10.5 Å². The third-order valence-corrected chi connectivity index (χ3v) is 4.22. The standard InChI is InChI=1S/C20H22N2O5/c1-11-8-13(3)18(14(4)9-11)21-19(23)15(5)27-20(24)16-7-6-12(2)17(10-16)22(25)26/h6-10,15H,1-5H3,(H,21,23). The van der Waals surface area contributed by atoms with Crippen LogP contribution in [0.5, 0.6) is 0 Å². The average Bonchev–Trinajstić information content (AvgIpc) is 2.57. The minimum atomic E-state index is -1.06. The first-order valence-electron chi connectivity index (χ1n) is 8.45. The molecule has 0 heterocycles. The number of carbonyl (C=O) groups excluding carboxylic acids is 2. The summed E-state index contributed by atoms with van der Waals surface area (Å²) < 4.78 is 5.17. The fraction of sp³-hybridized carbons (Fsp3) is 0.300. The van der Waals surface area contributed by atoms with Crippen LogP contribution < -0.4 is 5.32 Å². The van der Waals surface area contributed by atoms with Gasteiger partial charge in [0.1, 0.15) is 0 Å². The predicted molar refractivity (Wildman–Crippen MR) is 102 cm³/mol. The summed E-state index contributed by atoms with van der Waals surface area (Å²) in [5.74, 6) is -1.27. The molecular weight excluding hydrogens is 348 g/mol. The van der Waals surface area contributed by atoms with E-state index in [1.807, 2.05) is 32.9 Å². The van der Waals surface area contributed by atoms with Crippen LogP contribution in [0.4, 0.5) is 11.4 Å². The third kappa shape index (κ3) is 4.69. The molecule has 1 N–H and O–H groups in total. The van der Waals surface area contributed by atoms with Crippen molar-refractivity contribution in [2.75, 3.05) is 5.32 Å². The van der Waals surface area contributed by atoms with Gasteiger partial charge in [0.15, 0.2) is 6.10 Å². The fourth-order valence-electron chi connectivity index (χ4n) is 2.82. The monoisotopic (exact) mass is 370 g/mol. The van der Waals surface area contributed by atoms with E-state index in [1.54, 1.807) is 6.92 Å². The highest BCUT2D eigenvalue weighted by molar-refractivity contribution is 5.98. The smallest absolute Gasteiger partial charge is 0.339 e. The number of aryl methyl sites for hydroxylation is 4. The number of nitrogens with one attached hydrogen (secondary N) is 1. The van der Waals surface area contributed by atoms with E-state index >= 15 is 0 Å². The number of amides is 1.